The number of aliphatic hydroxyl groups is 2. The molecule has 0 aromatic carbocycles. The van der Waals surface area contributed by atoms with Gasteiger partial charge in [-0.05, 0) is 0 Å². The molecule has 92 valence electrons. The molecule has 0 aliphatic carbocycles. The Morgan fingerprint density at radius 1 is 1.00 bits per heavy atom. The van der Waals surface area contributed by atoms with Crippen LogP contribution < -0.4 is 22.9 Å². The molecule has 0 unspecified atom stereocenters. The number of hydrogen-bond donors (Lipinski definition) is 6. The van der Waals surface area contributed by atoms with Gasteiger partial charge in [-0.1, -0.05) is 0 Å². The van der Waals surface area contributed by atoms with Crippen molar-refractivity contribution < 1.29 is 61.9 Å². The summed E-state index contributed by atoms with van der Waals surface area (Å²) in [5.41, 5.74) is 17.7. The summed E-state index contributed by atoms with van der Waals surface area (Å²) in [4.78, 5) is 18.0. The van der Waals surface area contributed by atoms with Crippen LogP contribution in [-0.2, 0) is 51.7 Å². The predicted octanol–water partition coefficient (Wildman–Crippen LogP) is -4.05. The summed E-state index contributed by atoms with van der Waals surface area (Å²) in [6, 6.07) is -2.50. The van der Waals surface area contributed by atoms with Gasteiger partial charge in [-0.2, -0.15) is 0 Å². The fraction of sp³-hybridized carbons (Fsp3) is 0.600. The van der Waals surface area contributed by atoms with E-state index in [0.717, 1.165) is 0 Å². The van der Waals surface area contributed by atoms with Crippen LogP contribution in [0.4, 0.5) is 0 Å². The molecule has 0 saturated carbocycles. The van der Waals surface area contributed by atoms with Crippen molar-refractivity contribution >= 4 is 12.6 Å². The quantitative estimate of drug-likeness (QED) is 0.112. The van der Waals surface area contributed by atoms with Gasteiger partial charge in [0.2, 0.25) is 0 Å². The molecule has 10 N–H and O–H groups in total. The van der Waals surface area contributed by atoms with E-state index in [-0.39, 0.29) is 55.2 Å². The molecule has 0 aromatic heterocycles. The van der Waals surface area contributed by atoms with Crippen LogP contribution in [0.5, 0.6) is 0 Å². The monoisotopic (exact) mass is 562 g/mol. The molecule has 0 aliphatic rings. The van der Waals surface area contributed by atoms with E-state index in [9.17, 15) is 0 Å². The second-order valence-electron chi connectivity index (χ2n) is 1.48. The Hall–Kier alpha value is 0.477. The second-order valence-corrected chi connectivity index (χ2v) is 1.48. The first kappa shape index (κ1) is 29.6. The van der Waals surface area contributed by atoms with Crippen LogP contribution >= 0.6 is 0 Å². The molecule has 0 rings (SSSR count). The molecule has 0 aliphatic heterocycles. The third-order valence-electron chi connectivity index (χ3n) is 0.144. The standard InChI is InChI=1S/C3H2O2.CH6N2O2.CH6N2.2W/c4-2-1-3-5;2-1(3,4)5;2-1-3;;/h1H2;4-5H,2-3H2;1-3H2;;/q-2;;;;. The Bertz CT molecular complexity index is 110. The van der Waals surface area contributed by atoms with Gasteiger partial charge in [0.1, 0.15) is 0 Å². The van der Waals surface area contributed by atoms with Gasteiger partial charge in [-0.3, -0.25) is 30.5 Å². The molecule has 0 bridgehead atoms. The number of rotatable bonds is 2. The number of nitrogens with two attached hydrogens (primary N) is 4. The van der Waals surface area contributed by atoms with Gasteiger partial charge in [0, 0.05) is 48.8 Å². The molecule has 0 heterocycles. The van der Waals surface area contributed by atoms with Crippen LogP contribution in [0.1, 0.15) is 6.42 Å². The summed E-state index contributed by atoms with van der Waals surface area (Å²) >= 11 is 0. The minimum Gasteiger partial charge on any atom is -0.544 e. The van der Waals surface area contributed by atoms with Crippen molar-refractivity contribution in [1.29, 1.82) is 0 Å². The van der Waals surface area contributed by atoms with Crippen molar-refractivity contribution in [3.63, 3.8) is 0 Å². The molecule has 8 nitrogen and oxygen atoms in total. The van der Waals surface area contributed by atoms with Crippen LogP contribution in [0.15, 0.2) is 0 Å². The third-order valence-corrected chi connectivity index (χ3v) is 0.144. The maximum Gasteiger partial charge on any atom is 0.281 e. The number of carbonyl (C=O) groups excluding carboxylic acids is 2. The Morgan fingerprint density at radius 3 is 1.13 bits per heavy atom. The van der Waals surface area contributed by atoms with E-state index in [4.69, 9.17) is 19.8 Å². The largest absolute Gasteiger partial charge is 0.544 e. The molecular weight excluding hydrogens is 548 g/mol. The Kier molecular flexibility index (Phi) is 47.2. The Balaban J connectivity index is -0.0000000322. The van der Waals surface area contributed by atoms with Gasteiger partial charge < -0.3 is 31.3 Å². The van der Waals surface area contributed by atoms with Crippen molar-refractivity contribution in [2.24, 2.45) is 22.9 Å². The van der Waals surface area contributed by atoms with Crippen LogP contribution in [-0.4, -0.2) is 35.5 Å². The molecule has 0 saturated heterocycles. The first-order valence-corrected chi connectivity index (χ1v) is 2.96. The normalized spacial score (nSPS) is 7.33. The van der Waals surface area contributed by atoms with Crippen molar-refractivity contribution in [1.82, 2.24) is 0 Å². The zero-order valence-electron chi connectivity index (χ0n) is 7.75. The molecule has 0 amide bonds. The zero-order valence-corrected chi connectivity index (χ0v) is 13.6. The minimum atomic E-state index is -2.50. The van der Waals surface area contributed by atoms with Gasteiger partial charge in [0.05, 0.1) is 0 Å². The van der Waals surface area contributed by atoms with E-state index in [0.29, 0.717) is 0 Å². The first-order chi connectivity index (χ1) is 5.83. The third kappa shape index (κ3) is 367. The molecular formula is C5H14N4O4W2-2. The summed E-state index contributed by atoms with van der Waals surface area (Å²) in [6.07, 6.45) is 2.47. The second kappa shape index (κ2) is 24.0. The van der Waals surface area contributed by atoms with Crippen LogP contribution in [0.25, 0.3) is 0 Å². The molecule has 0 radical (unpaired) electrons. The average Bonchev–Trinajstić information content (AvgIpc) is 1.87. The van der Waals surface area contributed by atoms with E-state index < -0.39 is 6.03 Å². The minimum absolute atomic E-state index is 0. The maximum absolute atomic E-state index is 9.02. The summed E-state index contributed by atoms with van der Waals surface area (Å²) < 4.78 is 0. The van der Waals surface area contributed by atoms with Gasteiger partial charge in [-0.15, -0.1) is 0 Å². The van der Waals surface area contributed by atoms with E-state index in [1.165, 1.54) is 12.6 Å². The summed E-state index contributed by atoms with van der Waals surface area (Å²) in [7, 11) is 0. The van der Waals surface area contributed by atoms with Gasteiger partial charge in [0.25, 0.3) is 6.03 Å². The molecule has 0 fully saturated rings. The van der Waals surface area contributed by atoms with Gasteiger partial charge in [0.15, 0.2) is 0 Å². The van der Waals surface area contributed by atoms with E-state index in [2.05, 4.69) is 22.9 Å². The fourth-order valence-electron chi connectivity index (χ4n) is 0.0295. The summed E-state index contributed by atoms with van der Waals surface area (Å²) in [5.74, 6) is 0. The fourth-order valence-corrected chi connectivity index (χ4v) is 0.0295. The zero-order chi connectivity index (χ0) is 11.3. The molecule has 0 spiro atoms. The molecule has 15 heavy (non-hydrogen) atoms. The predicted molar refractivity (Wildman–Crippen MR) is 44.8 cm³/mol. The van der Waals surface area contributed by atoms with Crippen molar-refractivity contribution in [3.8, 4) is 0 Å². The van der Waals surface area contributed by atoms with Crippen molar-refractivity contribution in [2.75, 3.05) is 6.67 Å². The molecule has 0 aromatic rings. The van der Waals surface area contributed by atoms with Gasteiger partial charge >= 0.3 is 0 Å². The summed E-state index contributed by atoms with van der Waals surface area (Å²) in [5, 5.41) is 15.3. The van der Waals surface area contributed by atoms with Crippen molar-refractivity contribution in [3.05, 3.63) is 0 Å². The van der Waals surface area contributed by atoms with Gasteiger partial charge in [-0.25, -0.2) is 0 Å². The number of hydrogen-bond acceptors (Lipinski definition) is 8. The maximum atomic E-state index is 9.02. The Labute approximate surface area is 116 Å². The molecule has 0 atom stereocenters. The SMILES string of the molecule is NC(N)(O)O.NCN.O=[C-]C[C-]=O.[W].[W]. The van der Waals surface area contributed by atoms with Crippen LogP contribution in [0, 0.1) is 0 Å². The Morgan fingerprint density at radius 2 is 1.13 bits per heavy atom. The van der Waals surface area contributed by atoms with Crippen LogP contribution in [0.3, 0.4) is 0 Å². The summed E-state index contributed by atoms with van der Waals surface area (Å²) in [6.45, 7) is 0.250. The van der Waals surface area contributed by atoms with E-state index >= 15 is 0 Å². The smallest absolute Gasteiger partial charge is 0.281 e. The van der Waals surface area contributed by atoms with Crippen LogP contribution in [0.2, 0.25) is 0 Å². The van der Waals surface area contributed by atoms with Crippen molar-refractivity contribution in [2.45, 2.75) is 12.5 Å². The average molecular weight is 562 g/mol. The van der Waals surface area contributed by atoms with E-state index in [1.807, 2.05) is 0 Å². The van der Waals surface area contributed by atoms with E-state index in [1.54, 1.807) is 0 Å². The topological polar surface area (TPSA) is 179 Å². The first-order valence-electron chi connectivity index (χ1n) is 2.96. The molecule has 10 heteroatoms.